The molecule has 2 N–H and O–H groups in total. The lowest BCUT2D eigenvalue weighted by molar-refractivity contribution is -0.142. The third kappa shape index (κ3) is 3.50. The van der Waals surface area contributed by atoms with E-state index in [1.807, 2.05) is 11.8 Å². The summed E-state index contributed by atoms with van der Waals surface area (Å²) in [4.78, 5) is 10.9. The Morgan fingerprint density at radius 3 is 3.00 bits per heavy atom. The SMILES string of the molecule is CSCCNCC1CCCC1C(=O)O. The molecule has 0 aromatic heterocycles. The maximum absolute atomic E-state index is 10.9. The Kier molecular flexibility index (Phi) is 5.33. The van der Waals surface area contributed by atoms with Crippen LogP contribution in [0.2, 0.25) is 0 Å². The van der Waals surface area contributed by atoms with Gasteiger partial charge in [-0.1, -0.05) is 6.42 Å². The van der Waals surface area contributed by atoms with Crippen LogP contribution >= 0.6 is 11.8 Å². The van der Waals surface area contributed by atoms with Gasteiger partial charge in [0, 0.05) is 12.3 Å². The van der Waals surface area contributed by atoms with Gasteiger partial charge in [0.05, 0.1) is 5.92 Å². The van der Waals surface area contributed by atoms with Gasteiger partial charge in [0.25, 0.3) is 0 Å². The molecule has 0 heterocycles. The summed E-state index contributed by atoms with van der Waals surface area (Å²) in [5.74, 6) is 0.745. The molecule has 1 aliphatic rings. The van der Waals surface area contributed by atoms with Crippen molar-refractivity contribution < 1.29 is 9.90 Å². The van der Waals surface area contributed by atoms with Crippen molar-refractivity contribution in [2.45, 2.75) is 19.3 Å². The molecule has 0 radical (unpaired) electrons. The number of rotatable bonds is 6. The molecular weight excluding hydrogens is 198 g/mol. The first-order valence-corrected chi connectivity index (χ1v) is 6.57. The molecule has 1 saturated carbocycles. The van der Waals surface area contributed by atoms with Crippen molar-refractivity contribution in [2.24, 2.45) is 11.8 Å². The standard InChI is InChI=1S/C10H19NO2S/c1-14-6-5-11-7-8-3-2-4-9(8)10(12)13/h8-9,11H,2-7H2,1H3,(H,12,13). The van der Waals surface area contributed by atoms with Gasteiger partial charge in [-0.3, -0.25) is 4.79 Å². The van der Waals surface area contributed by atoms with E-state index in [0.717, 1.165) is 38.1 Å². The first kappa shape index (κ1) is 11.9. The van der Waals surface area contributed by atoms with Crippen molar-refractivity contribution >= 4 is 17.7 Å². The molecule has 0 aliphatic heterocycles. The number of hydrogen-bond donors (Lipinski definition) is 2. The molecule has 4 heteroatoms. The zero-order chi connectivity index (χ0) is 10.4. The van der Waals surface area contributed by atoms with Gasteiger partial charge in [0.2, 0.25) is 0 Å². The highest BCUT2D eigenvalue weighted by Gasteiger charge is 2.32. The lowest BCUT2D eigenvalue weighted by Gasteiger charge is -2.15. The molecule has 3 nitrogen and oxygen atoms in total. The van der Waals surface area contributed by atoms with Crippen LogP contribution < -0.4 is 5.32 Å². The van der Waals surface area contributed by atoms with Crippen LogP contribution in [0.4, 0.5) is 0 Å². The highest BCUT2D eigenvalue weighted by atomic mass is 32.2. The Labute approximate surface area is 89.6 Å². The Bertz CT molecular complexity index is 187. The fourth-order valence-corrected chi connectivity index (χ4v) is 2.42. The number of hydrogen-bond acceptors (Lipinski definition) is 3. The summed E-state index contributed by atoms with van der Waals surface area (Å²) < 4.78 is 0. The molecule has 0 saturated heterocycles. The number of carbonyl (C=O) groups is 1. The summed E-state index contributed by atoms with van der Waals surface area (Å²) in [7, 11) is 0. The van der Waals surface area contributed by atoms with Crippen molar-refractivity contribution in [3.05, 3.63) is 0 Å². The van der Waals surface area contributed by atoms with Gasteiger partial charge in [-0.15, -0.1) is 0 Å². The van der Waals surface area contributed by atoms with Crippen molar-refractivity contribution in [3.8, 4) is 0 Å². The van der Waals surface area contributed by atoms with Crippen LogP contribution in [0.1, 0.15) is 19.3 Å². The van der Waals surface area contributed by atoms with Crippen molar-refractivity contribution in [3.63, 3.8) is 0 Å². The summed E-state index contributed by atoms with van der Waals surface area (Å²) in [6.07, 6.45) is 5.09. The Balaban J connectivity index is 2.19. The maximum Gasteiger partial charge on any atom is 0.306 e. The third-order valence-electron chi connectivity index (χ3n) is 2.87. The van der Waals surface area contributed by atoms with Crippen molar-refractivity contribution in [2.75, 3.05) is 25.1 Å². The van der Waals surface area contributed by atoms with E-state index >= 15 is 0 Å². The van der Waals surface area contributed by atoms with Crippen molar-refractivity contribution in [1.82, 2.24) is 5.32 Å². The van der Waals surface area contributed by atoms with Gasteiger partial charge in [0.1, 0.15) is 0 Å². The molecular formula is C10H19NO2S. The van der Waals surface area contributed by atoms with Gasteiger partial charge >= 0.3 is 5.97 Å². The van der Waals surface area contributed by atoms with E-state index in [4.69, 9.17) is 5.11 Å². The normalized spacial score (nSPS) is 26.6. The van der Waals surface area contributed by atoms with Crippen LogP contribution in [-0.2, 0) is 4.79 Å². The van der Waals surface area contributed by atoms with Crippen LogP contribution in [-0.4, -0.2) is 36.2 Å². The summed E-state index contributed by atoms with van der Waals surface area (Å²) in [6.45, 7) is 1.86. The van der Waals surface area contributed by atoms with E-state index in [2.05, 4.69) is 11.6 Å². The first-order valence-electron chi connectivity index (χ1n) is 5.18. The molecule has 1 aliphatic carbocycles. The highest BCUT2D eigenvalue weighted by molar-refractivity contribution is 7.98. The van der Waals surface area contributed by atoms with Crippen LogP contribution in [0.5, 0.6) is 0 Å². The molecule has 0 aromatic rings. The van der Waals surface area contributed by atoms with Crippen molar-refractivity contribution in [1.29, 1.82) is 0 Å². The van der Waals surface area contributed by atoms with Crippen LogP contribution in [0.3, 0.4) is 0 Å². The average molecular weight is 217 g/mol. The second-order valence-electron chi connectivity index (χ2n) is 3.83. The Morgan fingerprint density at radius 1 is 1.57 bits per heavy atom. The summed E-state index contributed by atoms with van der Waals surface area (Å²) in [6, 6.07) is 0. The largest absolute Gasteiger partial charge is 0.481 e. The lowest BCUT2D eigenvalue weighted by atomic mass is 9.96. The predicted molar refractivity (Wildman–Crippen MR) is 59.7 cm³/mol. The Hall–Kier alpha value is -0.220. The van der Waals surface area contributed by atoms with Crippen LogP contribution in [0, 0.1) is 11.8 Å². The molecule has 0 spiro atoms. The second kappa shape index (κ2) is 6.30. The van der Waals surface area contributed by atoms with Crippen LogP contribution in [0.15, 0.2) is 0 Å². The van der Waals surface area contributed by atoms with E-state index in [1.54, 1.807) is 0 Å². The zero-order valence-corrected chi connectivity index (χ0v) is 9.48. The minimum absolute atomic E-state index is 0.100. The maximum atomic E-state index is 10.9. The molecule has 0 aromatic carbocycles. The van der Waals surface area contributed by atoms with Gasteiger partial charge in [-0.05, 0) is 31.6 Å². The predicted octanol–water partition coefficient (Wildman–Crippen LogP) is 1.44. The highest BCUT2D eigenvalue weighted by Crippen LogP contribution is 2.31. The quantitative estimate of drug-likeness (QED) is 0.661. The minimum Gasteiger partial charge on any atom is -0.481 e. The van der Waals surface area contributed by atoms with E-state index in [1.165, 1.54) is 0 Å². The fourth-order valence-electron chi connectivity index (χ4n) is 2.07. The molecule has 2 unspecified atom stereocenters. The van der Waals surface area contributed by atoms with Gasteiger partial charge < -0.3 is 10.4 Å². The molecule has 14 heavy (non-hydrogen) atoms. The molecule has 0 bridgehead atoms. The fraction of sp³-hybridized carbons (Fsp3) is 0.900. The van der Waals surface area contributed by atoms with Crippen LogP contribution in [0.25, 0.3) is 0 Å². The number of carboxylic acids is 1. The van der Waals surface area contributed by atoms with Gasteiger partial charge in [0.15, 0.2) is 0 Å². The molecule has 1 rings (SSSR count). The van der Waals surface area contributed by atoms with Gasteiger partial charge in [-0.25, -0.2) is 0 Å². The van der Waals surface area contributed by atoms with E-state index in [-0.39, 0.29) is 5.92 Å². The number of thioether (sulfide) groups is 1. The average Bonchev–Trinajstić information content (AvgIpc) is 2.60. The molecule has 82 valence electrons. The molecule has 2 atom stereocenters. The number of nitrogens with one attached hydrogen (secondary N) is 1. The van der Waals surface area contributed by atoms with Gasteiger partial charge in [-0.2, -0.15) is 11.8 Å². The lowest BCUT2D eigenvalue weighted by Crippen LogP contribution is -2.30. The van der Waals surface area contributed by atoms with E-state index < -0.39 is 5.97 Å². The van der Waals surface area contributed by atoms with E-state index in [0.29, 0.717) is 5.92 Å². The molecule has 1 fully saturated rings. The monoisotopic (exact) mass is 217 g/mol. The second-order valence-corrected chi connectivity index (χ2v) is 4.82. The number of aliphatic carboxylic acids is 1. The summed E-state index contributed by atoms with van der Waals surface area (Å²) >= 11 is 1.81. The first-order chi connectivity index (χ1) is 6.75. The Morgan fingerprint density at radius 2 is 2.36 bits per heavy atom. The third-order valence-corrected chi connectivity index (χ3v) is 3.48. The summed E-state index contributed by atoms with van der Waals surface area (Å²) in [5.41, 5.74) is 0. The zero-order valence-electron chi connectivity index (χ0n) is 8.66. The molecule has 0 amide bonds. The topological polar surface area (TPSA) is 49.3 Å². The summed E-state index contributed by atoms with van der Waals surface area (Å²) in [5, 5.41) is 12.3. The smallest absolute Gasteiger partial charge is 0.306 e. The van der Waals surface area contributed by atoms with E-state index in [9.17, 15) is 4.79 Å². The minimum atomic E-state index is -0.612. The number of carboxylic acid groups (broad SMARTS) is 1.